The molecule has 1 aromatic carbocycles. The van der Waals surface area contributed by atoms with Gasteiger partial charge in [-0.15, -0.1) is 11.3 Å². The van der Waals surface area contributed by atoms with Gasteiger partial charge in [-0.3, -0.25) is 9.59 Å². The summed E-state index contributed by atoms with van der Waals surface area (Å²) in [4.78, 5) is 53.0. The van der Waals surface area contributed by atoms with Gasteiger partial charge in [0.25, 0.3) is 0 Å². The molecule has 0 fully saturated rings. The van der Waals surface area contributed by atoms with Gasteiger partial charge in [-0.05, 0) is 36.9 Å². The molecule has 0 amide bonds. The number of rotatable bonds is 7. The van der Waals surface area contributed by atoms with Gasteiger partial charge in [0.05, 0.1) is 28.8 Å². The summed E-state index contributed by atoms with van der Waals surface area (Å²) in [6, 6.07) is 9.72. The largest absolute Gasteiger partial charge is 0.465 e. The van der Waals surface area contributed by atoms with Crippen LogP contribution in [-0.2, 0) is 9.47 Å². The molecule has 0 atom stereocenters. The normalized spacial score (nSPS) is 10.5. The van der Waals surface area contributed by atoms with Crippen molar-refractivity contribution in [1.82, 2.24) is 4.98 Å². The first kappa shape index (κ1) is 21.2. The first-order valence-electron chi connectivity index (χ1n) is 9.00. The number of hydrogen-bond donors (Lipinski definition) is 1. The third-order valence-electron chi connectivity index (χ3n) is 4.58. The molecule has 0 bridgehead atoms. The molecule has 3 rings (SSSR count). The van der Waals surface area contributed by atoms with Crippen molar-refractivity contribution in [1.29, 1.82) is 0 Å². The van der Waals surface area contributed by atoms with Crippen molar-refractivity contribution in [2.75, 3.05) is 13.7 Å². The lowest BCUT2D eigenvalue weighted by atomic mass is 10.0. The summed E-state index contributed by atoms with van der Waals surface area (Å²) in [6.45, 7) is 2.72. The van der Waals surface area contributed by atoms with E-state index in [9.17, 15) is 19.2 Å². The number of H-pyrrole nitrogens is 1. The number of methoxy groups -OCH3 is 1. The summed E-state index contributed by atoms with van der Waals surface area (Å²) in [5.74, 6) is -2.13. The molecule has 8 heteroatoms. The van der Waals surface area contributed by atoms with Crippen LogP contribution in [-0.4, -0.2) is 42.2 Å². The highest BCUT2D eigenvalue weighted by Gasteiger charge is 2.24. The molecule has 1 N–H and O–H groups in total. The van der Waals surface area contributed by atoms with Crippen molar-refractivity contribution < 1.29 is 28.7 Å². The molecule has 0 radical (unpaired) electrons. The van der Waals surface area contributed by atoms with Crippen molar-refractivity contribution in [3.63, 3.8) is 0 Å². The summed E-state index contributed by atoms with van der Waals surface area (Å²) < 4.78 is 9.90. The van der Waals surface area contributed by atoms with E-state index in [4.69, 9.17) is 9.47 Å². The zero-order chi connectivity index (χ0) is 21.8. The fraction of sp³-hybridized carbons (Fsp3) is 0.182. The molecular weight excluding hydrogens is 406 g/mol. The Kier molecular flexibility index (Phi) is 6.27. The molecule has 0 aliphatic carbocycles. The lowest BCUT2D eigenvalue weighted by Gasteiger charge is -2.08. The quantitative estimate of drug-likeness (QED) is 0.457. The molecule has 154 valence electrons. The van der Waals surface area contributed by atoms with Gasteiger partial charge < -0.3 is 14.5 Å². The fourth-order valence-corrected chi connectivity index (χ4v) is 3.80. The summed E-state index contributed by atoms with van der Waals surface area (Å²) in [7, 11) is 1.26. The highest BCUT2D eigenvalue weighted by molar-refractivity contribution is 7.12. The molecule has 7 nitrogen and oxygen atoms in total. The van der Waals surface area contributed by atoms with Crippen LogP contribution >= 0.6 is 11.3 Å². The summed E-state index contributed by atoms with van der Waals surface area (Å²) in [6.07, 6.45) is 0. The van der Waals surface area contributed by atoms with Crippen molar-refractivity contribution in [3.8, 4) is 0 Å². The maximum Gasteiger partial charge on any atom is 0.339 e. The molecule has 3 aromatic rings. The Labute approximate surface area is 176 Å². The van der Waals surface area contributed by atoms with Gasteiger partial charge in [0.2, 0.25) is 11.6 Å². The Bertz CT molecular complexity index is 1130. The molecular formula is C22H19NO6S. The zero-order valence-electron chi connectivity index (χ0n) is 16.6. The van der Waals surface area contributed by atoms with E-state index in [0.29, 0.717) is 16.1 Å². The van der Waals surface area contributed by atoms with E-state index in [-0.39, 0.29) is 28.2 Å². The van der Waals surface area contributed by atoms with E-state index >= 15 is 0 Å². The van der Waals surface area contributed by atoms with E-state index in [1.54, 1.807) is 49.6 Å². The minimum Gasteiger partial charge on any atom is -0.465 e. The second-order valence-corrected chi connectivity index (χ2v) is 7.42. The van der Waals surface area contributed by atoms with Gasteiger partial charge in [-0.25, -0.2) is 9.59 Å². The number of benzene rings is 1. The molecule has 30 heavy (non-hydrogen) atoms. The number of Topliss-reactive ketones (excluding diaryl/α,β-unsaturated/α-hetero) is 1. The van der Waals surface area contributed by atoms with Crippen LogP contribution in [0.5, 0.6) is 0 Å². The van der Waals surface area contributed by atoms with Crippen molar-refractivity contribution in [2.24, 2.45) is 0 Å². The Morgan fingerprint density at radius 1 is 0.967 bits per heavy atom. The third kappa shape index (κ3) is 4.08. The number of hydrogen-bond acceptors (Lipinski definition) is 7. The van der Waals surface area contributed by atoms with Crippen LogP contribution in [0.1, 0.15) is 57.7 Å². The van der Waals surface area contributed by atoms with Crippen LogP contribution in [0.2, 0.25) is 0 Å². The predicted octanol–water partition coefficient (Wildman–Crippen LogP) is 3.75. The number of aromatic nitrogens is 1. The summed E-state index contributed by atoms with van der Waals surface area (Å²) in [5.41, 5.74) is 1.65. The van der Waals surface area contributed by atoms with Gasteiger partial charge in [0, 0.05) is 11.3 Å². The molecule has 2 aromatic heterocycles. The smallest absolute Gasteiger partial charge is 0.339 e. The highest BCUT2D eigenvalue weighted by atomic mass is 32.1. The maximum atomic E-state index is 12.7. The first-order chi connectivity index (χ1) is 14.3. The zero-order valence-corrected chi connectivity index (χ0v) is 17.4. The third-order valence-corrected chi connectivity index (χ3v) is 5.45. The van der Waals surface area contributed by atoms with Gasteiger partial charge in [-0.2, -0.15) is 0 Å². The van der Waals surface area contributed by atoms with Gasteiger partial charge >= 0.3 is 11.9 Å². The molecule has 0 aliphatic heterocycles. The molecule has 0 spiro atoms. The number of esters is 2. The number of aryl methyl sites for hydroxylation is 1. The molecule has 0 saturated heterocycles. The van der Waals surface area contributed by atoms with Crippen molar-refractivity contribution in [2.45, 2.75) is 13.8 Å². The lowest BCUT2D eigenvalue weighted by molar-refractivity contribution is 0.0471. The van der Waals surface area contributed by atoms with Crippen LogP contribution < -0.4 is 0 Å². The number of carbonyl (C=O) groups excluding carboxylic acids is 4. The maximum absolute atomic E-state index is 12.7. The molecule has 0 saturated carbocycles. The van der Waals surface area contributed by atoms with E-state index < -0.39 is 24.3 Å². The lowest BCUT2D eigenvalue weighted by Crippen LogP contribution is -2.18. The van der Waals surface area contributed by atoms with Crippen LogP contribution in [0, 0.1) is 13.8 Å². The second-order valence-electron chi connectivity index (χ2n) is 6.47. The minimum absolute atomic E-state index is 0.0818. The van der Waals surface area contributed by atoms with Crippen molar-refractivity contribution in [3.05, 3.63) is 80.3 Å². The number of ether oxygens (including phenoxy) is 2. The van der Waals surface area contributed by atoms with Gasteiger partial charge in [-0.1, -0.05) is 24.3 Å². The Balaban J connectivity index is 1.77. The van der Waals surface area contributed by atoms with E-state index in [1.807, 2.05) is 0 Å². The Morgan fingerprint density at radius 2 is 1.67 bits per heavy atom. The van der Waals surface area contributed by atoms with E-state index in [1.165, 1.54) is 24.5 Å². The van der Waals surface area contributed by atoms with Gasteiger partial charge in [0.15, 0.2) is 6.61 Å². The van der Waals surface area contributed by atoms with Crippen molar-refractivity contribution >= 4 is 34.8 Å². The first-order valence-corrected chi connectivity index (χ1v) is 9.88. The number of aromatic amines is 1. The second kappa shape index (κ2) is 8.87. The summed E-state index contributed by atoms with van der Waals surface area (Å²) in [5, 5.41) is 1.77. The topological polar surface area (TPSA) is 103 Å². The number of carbonyl (C=O) groups is 4. The standard InChI is InChI=1S/C22H19NO6S/c1-12-18(22(27)28-3)13(2)23-19(12)16(24)11-29-21(26)15-8-5-4-7-14(15)20(25)17-9-6-10-30-17/h4-10,23H,11H2,1-3H3. The monoisotopic (exact) mass is 425 g/mol. The van der Waals surface area contributed by atoms with Gasteiger partial charge in [0.1, 0.15) is 0 Å². The number of ketones is 2. The number of nitrogens with one attached hydrogen (secondary N) is 1. The van der Waals surface area contributed by atoms with E-state index in [0.717, 1.165) is 0 Å². The Hall–Kier alpha value is -3.52. The van der Waals surface area contributed by atoms with Crippen LogP contribution in [0.15, 0.2) is 41.8 Å². The van der Waals surface area contributed by atoms with E-state index in [2.05, 4.69) is 4.98 Å². The Morgan fingerprint density at radius 3 is 2.30 bits per heavy atom. The number of thiophene rings is 1. The molecule has 0 aliphatic rings. The average Bonchev–Trinajstić information content (AvgIpc) is 3.39. The van der Waals surface area contributed by atoms with Crippen LogP contribution in [0.3, 0.4) is 0 Å². The van der Waals surface area contributed by atoms with Crippen LogP contribution in [0.25, 0.3) is 0 Å². The molecule has 0 unspecified atom stereocenters. The predicted molar refractivity (Wildman–Crippen MR) is 110 cm³/mol. The minimum atomic E-state index is -0.780. The van der Waals surface area contributed by atoms with Crippen LogP contribution in [0.4, 0.5) is 0 Å². The fourth-order valence-electron chi connectivity index (χ4n) is 3.12. The highest BCUT2D eigenvalue weighted by Crippen LogP contribution is 2.21. The molecule has 2 heterocycles. The summed E-state index contributed by atoms with van der Waals surface area (Å²) >= 11 is 1.27. The average molecular weight is 425 g/mol. The SMILES string of the molecule is COC(=O)c1c(C)[nH]c(C(=O)COC(=O)c2ccccc2C(=O)c2cccs2)c1C.